The summed E-state index contributed by atoms with van der Waals surface area (Å²) in [7, 11) is 0. The van der Waals surface area contributed by atoms with Crippen molar-refractivity contribution in [2.45, 2.75) is 12.7 Å². The van der Waals surface area contributed by atoms with Crippen LogP contribution >= 0.6 is 34.3 Å². The number of aromatic amines is 1. The lowest BCUT2D eigenvalue weighted by Crippen LogP contribution is -2.34. The summed E-state index contributed by atoms with van der Waals surface area (Å²) in [6.07, 6.45) is -3.33. The molecular weight excluding hydrogens is 517 g/mol. The zero-order valence-corrected chi connectivity index (χ0v) is 18.9. The lowest BCUT2D eigenvalue weighted by Gasteiger charge is -2.08. The minimum Gasteiger partial charge on any atom is -0.477 e. The van der Waals surface area contributed by atoms with Crippen LogP contribution in [0.5, 0.6) is 0 Å². The highest BCUT2D eigenvalue weighted by Gasteiger charge is 2.33. The topological polar surface area (TPSA) is 110 Å². The van der Waals surface area contributed by atoms with Gasteiger partial charge >= 0.3 is 17.8 Å². The summed E-state index contributed by atoms with van der Waals surface area (Å²) >= 11 is 8.07. The van der Waals surface area contributed by atoms with Crippen molar-refractivity contribution in [3.8, 4) is 5.69 Å². The lowest BCUT2D eigenvalue weighted by molar-refractivity contribution is -0.137. The van der Waals surface area contributed by atoms with Crippen LogP contribution < -0.4 is 11.2 Å². The number of thiophene rings is 1. The first kappa shape index (κ1) is 22.4. The molecule has 174 valence electrons. The van der Waals surface area contributed by atoms with Crippen LogP contribution in [0.1, 0.15) is 20.9 Å². The Bertz CT molecular complexity index is 1730. The van der Waals surface area contributed by atoms with Gasteiger partial charge in [0.25, 0.3) is 5.56 Å². The highest BCUT2D eigenvalue weighted by Crippen LogP contribution is 2.36. The number of carboxylic acid groups (broad SMARTS) is 1. The Morgan fingerprint density at radius 1 is 1.21 bits per heavy atom. The van der Waals surface area contributed by atoms with Crippen LogP contribution in [0, 0.1) is 0 Å². The van der Waals surface area contributed by atoms with E-state index in [9.17, 15) is 32.7 Å². The number of benzene rings is 1. The van der Waals surface area contributed by atoms with Crippen LogP contribution in [0.3, 0.4) is 0 Å². The Morgan fingerprint density at radius 2 is 1.97 bits per heavy atom. The molecule has 0 bridgehead atoms. The molecule has 1 aromatic carbocycles. The number of halogens is 4. The standard InChI is InChI=1S/C20H10ClF3N4O4S2/c21-18-25-4-9(34-18)5-27-13-2-1-8(20(22,23)24)3-10(13)14(15(27)17(30)31)28-16(29)11-6-33-7-12(11)26-19(28)32/h1-4,6-7H,5H2,(H,26,32)(H,30,31). The summed E-state index contributed by atoms with van der Waals surface area (Å²) in [4.78, 5) is 45.4. The SMILES string of the molecule is O=C(O)c1c(-n2c(=O)[nH]c3cscc3c2=O)c2cc(C(F)(F)F)ccc2n1Cc1cnc(Cl)s1. The van der Waals surface area contributed by atoms with Crippen molar-refractivity contribution in [1.82, 2.24) is 19.1 Å². The van der Waals surface area contributed by atoms with Crippen molar-refractivity contribution >= 4 is 62.0 Å². The van der Waals surface area contributed by atoms with Crippen molar-refractivity contribution in [1.29, 1.82) is 0 Å². The Morgan fingerprint density at radius 3 is 2.62 bits per heavy atom. The number of alkyl halides is 3. The maximum absolute atomic E-state index is 13.5. The first-order valence-corrected chi connectivity index (χ1v) is 11.5. The molecule has 2 N–H and O–H groups in total. The summed E-state index contributed by atoms with van der Waals surface area (Å²) in [6, 6.07) is 2.65. The third kappa shape index (κ3) is 3.52. The fourth-order valence-electron chi connectivity index (χ4n) is 3.78. The molecule has 8 nitrogen and oxygen atoms in total. The van der Waals surface area contributed by atoms with E-state index in [-0.39, 0.29) is 32.8 Å². The van der Waals surface area contributed by atoms with E-state index in [4.69, 9.17) is 11.6 Å². The molecule has 0 saturated heterocycles. The molecule has 0 fully saturated rings. The number of fused-ring (bicyclic) bond motifs is 2. The molecule has 0 aliphatic heterocycles. The fourth-order valence-corrected chi connectivity index (χ4v) is 5.50. The lowest BCUT2D eigenvalue weighted by atomic mass is 10.1. The largest absolute Gasteiger partial charge is 0.477 e. The quantitative estimate of drug-likeness (QED) is 0.356. The monoisotopic (exact) mass is 526 g/mol. The normalized spacial score (nSPS) is 12.1. The number of aromatic carboxylic acids is 1. The number of nitrogens with zero attached hydrogens (tertiary/aromatic N) is 3. The van der Waals surface area contributed by atoms with E-state index in [1.54, 1.807) is 0 Å². The van der Waals surface area contributed by atoms with Crippen molar-refractivity contribution in [3.63, 3.8) is 0 Å². The third-order valence-electron chi connectivity index (χ3n) is 5.17. The number of H-pyrrole nitrogens is 1. The number of carboxylic acids is 1. The minimum absolute atomic E-state index is 0.0849. The molecule has 0 radical (unpaired) electrons. The second kappa shape index (κ2) is 7.82. The molecule has 14 heteroatoms. The van der Waals surface area contributed by atoms with E-state index >= 15 is 0 Å². The number of aromatic nitrogens is 4. The summed E-state index contributed by atoms with van der Waals surface area (Å²) in [5.41, 5.74) is -3.54. The van der Waals surface area contributed by atoms with Crippen molar-refractivity contribution in [2.75, 3.05) is 0 Å². The predicted molar refractivity (Wildman–Crippen MR) is 122 cm³/mol. The van der Waals surface area contributed by atoms with Crippen LogP contribution in [-0.2, 0) is 12.7 Å². The molecule has 0 saturated carbocycles. The van der Waals surface area contributed by atoms with Gasteiger partial charge in [0.2, 0.25) is 0 Å². The molecule has 0 amide bonds. The van der Waals surface area contributed by atoms with Gasteiger partial charge in [0, 0.05) is 27.2 Å². The highest BCUT2D eigenvalue weighted by atomic mass is 35.5. The first-order chi connectivity index (χ1) is 16.1. The number of nitrogens with one attached hydrogen (secondary N) is 1. The van der Waals surface area contributed by atoms with Crippen molar-refractivity contribution < 1.29 is 23.1 Å². The molecule has 0 spiro atoms. The molecule has 5 aromatic rings. The molecule has 5 rings (SSSR count). The molecule has 4 heterocycles. The van der Waals surface area contributed by atoms with Gasteiger partial charge in [0.15, 0.2) is 10.2 Å². The van der Waals surface area contributed by atoms with Gasteiger partial charge in [-0.1, -0.05) is 11.6 Å². The number of carbonyl (C=O) groups is 1. The van der Waals surface area contributed by atoms with Gasteiger partial charge in [-0.15, -0.1) is 22.7 Å². The minimum atomic E-state index is -4.74. The Kier molecular flexibility index (Phi) is 5.15. The van der Waals surface area contributed by atoms with Crippen LogP contribution in [-0.4, -0.2) is 30.2 Å². The van der Waals surface area contributed by atoms with Crippen LogP contribution in [0.2, 0.25) is 4.47 Å². The molecule has 0 atom stereocenters. The van der Waals surface area contributed by atoms with E-state index in [1.807, 2.05) is 0 Å². The van der Waals surface area contributed by atoms with E-state index in [1.165, 1.54) is 21.5 Å². The van der Waals surface area contributed by atoms with Crippen molar-refractivity contribution in [3.05, 3.63) is 76.6 Å². The van der Waals surface area contributed by atoms with Crippen LogP contribution in [0.4, 0.5) is 13.2 Å². The fraction of sp³-hybridized carbons (Fsp3) is 0.100. The Labute approximate surface area is 199 Å². The second-order valence-electron chi connectivity index (χ2n) is 7.17. The average Bonchev–Trinajstić information content (AvgIpc) is 3.46. The number of thiazole rings is 1. The third-order valence-corrected chi connectivity index (χ3v) is 7.01. The van der Waals surface area contributed by atoms with Gasteiger partial charge in [-0.3, -0.25) is 4.79 Å². The van der Waals surface area contributed by atoms with E-state index in [0.29, 0.717) is 9.44 Å². The smallest absolute Gasteiger partial charge is 0.416 e. The molecule has 34 heavy (non-hydrogen) atoms. The van der Waals surface area contributed by atoms with Gasteiger partial charge in [-0.2, -0.15) is 13.2 Å². The first-order valence-electron chi connectivity index (χ1n) is 9.35. The second-order valence-corrected chi connectivity index (χ2v) is 9.61. The zero-order chi connectivity index (χ0) is 24.4. The zero-order valence-electron chi connectivity index (χ0n) is 16.5. The highest BCUT2D eigenvalue weighted by molar-refractivity contribution is 7.15. The van der Waals surface area contributed by atoms with Gasteiger partial charge in [0.1, 0.15) is 0 Å². The van der Waals surface area contributed by atoms with Gasteiger partial charge in [0.05, 0.1) is 34.2 Å². The number of rotatable bonds is 4. The number of hydrogen-bond acceptors (Lipinski definition) is 6. The van der Waals surface area contributed by atoms with E-state index in [2.05, 4.69) is 9.97 Å². The maximum atomic E-state index is 13.5. The summed E-state index contributed by atoms with van der Waals surface area (Å²) in [6.45, 7) is -0.110. The van der Waals surface area contributed by atoms with Gasteiger partial charge < -0.3 is 14.7 Å². The summed E-state index contributed by atoms with van der Waals surface area (Å²) in [5.74, 6) is -1.54. The average molecular weight is 527 g/mol. The molecule has 0 aliphatic rings. The van der Waals surface area contributed by atoms with Gasteiger partial charge in [-0.05, 0) is 18.2 Å². The predicted octanol–water partition coefficient (Wildman–Crippen LogP) is 4.57. The Balaban J connectivity index is 1.93. The van der Waals surface area contributed by atoms with E-state index in [0.717, 1.165) is 40.9 Å². The summed E-state index contributed by atoms with van der Waals surface area (Å²) < 4.78 is 42.5. The molecule has 0 unspecified atom stereocenters. The molecule has 0 aliphatic carbocycles. The maximum Gasteiger partial charge on any atom is 0.416 e. The molecule has 4 aromatic heterocycles. The van der Waals surface area contributed by atoms with E-state index < -0.39 is 40.3 Å². The van der Waals surface area contributed by atoms with Crippen molar-refractivity contribution in [2.24, 2.45) is 0 Å². The van der Waals surface area contributed by atoms with Crippen LogP contribution in [0.25, 0.3) is 27.5 Å². The van der Waals surface area contributed by atoms with Gasteiger partial charge in [-0.25, -0.2) is 19.1 Å². The number of hydrogen-bond donors (Lipinski definition) is 2. The Hall–Kier alpha value is -3.42. The molecular formula is C20H10ClF3N4O4S2. The summed E-state index contributed by atoms with van der Waals surface area (Å²) in [5, 5.41) is 12.9. The van der Waals surface area contributed by atoms with Crippen LogP contribution in [0.15, 0.2) is 44.7 Å².